The van der Waals surface area contributed by atoms with Crippen LogP contribution in [0.1, 0.15) is 32.0 Å². The Morgan fingerprint density at radius 1 is 0.935 bits per heavy atom. The van der Waals surface area contributed by atoms with E-state index in [9.17, 15) is 18.0 Å². The summed E-state index contributed by atoms with van der Waals surface area (Å²) in [5, 5.41) is 5.68. The molecular formula is C21H20ClN3O5S. The predicted molar refractivity (Wildman–Crippen MR) is 117 cm³/mol. The van der Waals surface area contributed by atoms with Crippen LogP contribution in [0.3, 0.4) is 0 Å². The zero-order valence-corrected chi connectivity index (χ0v) is 18.1. The van der Waals surface area contributed by atoms with E-state index in [4.69, 9.17) is 16.0 Å². The number of hydrogen-bond acceptors (Lipinski definition) is 5. The first-order chi connectivity index (χ1) is 14.7. The minimum Gasteiger partial charge on any atom is -0.467 e. The Balaban J connectivity index is 1.62. The van der Waals surface area contributed by atoms with Crippen molar-refractivity contribution in [3.63, 3.8) is 0 Å². The second-order valence-electron chi connectivity index (χ2n) is 6.71. The Hall–Kier alpha value is -3.30. The molecule has 0 aliphatic carbocycles. The second-order valence-corrected chi connectivity index (χ2v) is 8.87. The monoisotopic (exact) mass is 461 g/mol. The predicted octanol–water partition coefficient (Wildman–Crippen LogP) is 3.16. The van der Waals surface area contributed by atoms with Crippen LogP contribution in [-0.4, -0.2) is 26.5 Å². The number of carbonyl (C=O) groups excluding carboxylic acids is 2. The highest BCUT2D eigenvalue weighted by Gasteiger charge is 2.12. The van der Waals surface area contributed by atoms with Crippen molar-refractivity contribution in [1.29, 1.82) is 0 Å². The van der Waals surface area contributed by atoms with Gasteiger partial charge in [0.15, 0.2) is 0 Å². The molecule has 2 aromatic carbocycles. The van der Waals surface area contributed by atoms with Gasteiger partial charge in [0.1, 0.15) is 5.76 Å². The molecule has 0 fully saturated rings. The van der Waals surface area contributed by atoms with E-state index in [1.807, 2.05) is 0 Å². The number of halogens is 1. The molecule has 1 aromatic heterocycles. The maximum Gasteiger partial charge on any atom is 0.251 e. The standard InChI is InChI=1S/C21H20ClN3O5S/c1-31(28,29)25-19-11-16(7-8-18(19)22)21(27)23-12-14-4-2-5-15(10-14)20(26)24-13-17-6-3-9-30-17/h2-11,25H,12-13H2,1H3,(H,23,27)(H,24,26). The van der Waals surface area contributed by atoms with E-state index in [0.717, 1.165) is 11.8 Å². The maximum atomic E-state index is 12.5. The summed E-state index contributed by atoms with van der Waals surface area (Å²) < 4.78 is 30.3. The fourth-order valence-corrected chi connectivity index (χ4v) is 3.52. The van der Waals surface area contributed by atoms with Crippen LogP contribution in [0.25, 0.3) is 0 Å². The lowest BCUT2D eigenvalue weighted by Gasteiger charge is -2.10. The summed E-state index contributed by atoms with van der Waals surface area (Å²) in [7, 11) is -3.54. The van der Waals surface area contributed by atoms with Crippen LogP contribution < -0.4 is 15.4 Å². The van der Waals surface area contributed by atoms with Crippen molar-refractivity contribution in [2.24, 2.45) is 0 Å². The number of amides is 2. The van der Waals surface area contributed by atoms with E-state index >= 15 is 0 Å². The average molecular weight is 462 g/mol. The molecule has 2 amide bonds. The van der Waals surface area contributed by atoms with Crippen LogP contribution in [0.2, 0.25) is 5.02 Å². The van der Waals surface area contributed by atoms with E-state index in [0.29, 0.717) is 11.3 Å². The van der Waals surface area contributed by atoms with Gasteiger partial charge in [-0.1, -0.05) is 23.7 Å². The van der Waals surface area contributed by atoms with Crippen molar-refractivity contribution in [2.45, 2.75) is 13.1 Å². The fourth-order valence-electron chi connectivity index (χ4n) is 2.73. The molecule has 0 saturated heterocycles. The Bertz CT molecular complexity index is 1190. The molecule has 0 bridgehead atoms. The van der Waals surface area contributed by atoms with Crippen molar-refractivity contribution in [3.8, 4) is 0 Å². The first-order valence-corrected chi connectivity index (χ1v) is 11.4. The van der Waals surface area contributed by atoms with Gasteiger partial charge in [-0.25, -0.2) is 8.42 Å². The zero-order chi connectivity index (χ0) is 22.4. The molecule has 0 aliphatic rings. The first-order valence-electron chi connectivity index (χ1n) is 9.16. The number of benzene rings is 2. The average Bonchev–Trinajstić information content (AvgIpc) is 3.25. The van der Waals surface area contributed by atoms with Crippen molar-refractivity contribution >= 4 is 39.1 Å². The minimum absolute atomic E-state index is 0.118. The number of anilines is 1. The SMILES string of the molecule is CS(=O)(=O)Nc1cc(C(=O)NCc2cccc(C(=O)NCc3ccco3)c2)ccc1Cl. The van der Waals surface area contributed by atoms with Gasteiger partial charge >= 0.3 is 0 Å². The molecule has 0 spiro atoms. The molecule has 0 radical (unpaired) electrons. The van der Waals surface area contributed by atoms with Gasteiger partial charge in [-0.3, -0.25) is 14.3 Å². The Morgan fingerprint density at radius 3 is 2.32 bits per heavy atom. The fraction of sp³-hybridized carbons (Fsp3) is 0.143. The highest BCUT2D eigenvalue weighted by Crippen LogP contribution is 2.24. The number of hydrogen-bond donors (Lipinski definition) is 3. The molecule has 0 unspecified atom stereocenters. The van der Waals surface area contributed by atoms with Crippen molar-refractivity contribution in [3.05, 3.63) is 88.3 Å². The summed E-state index contributed by atoms with van der Waals surface area (Å²) in [6.07, 6.45) is 2.53. The van der Waals surface area contributed by atoms with Crippen LogP contribution in [0.5, 0.6) is 0 Å². The van der Waals surface area contributed by atoms with Crippen molar-refractivity contribution in [2.75, 3.05) is 11.0 Å². The maximum absolute atomic E-state index is 12.5. The summed E-state index contributed by atoms with van der Waals surface area (Å²) in [5.74, 6) is -0.0378. The number of sulfonamides is 1. The van der Waals surface area contributed by atoms with E-state index in [-0.39, 0.29) is 35.3 Å². The molecule has 10 heteroatoms. The minimum atomic E-state index is -3.54. The third-order valence-corrected chi connectivity index (χ3v) is 5.09. The lowest BCUT2D eigenvalue weighted by atomic mass is 10.1. The molecule has 162 valence electrons. The van der Waals surface area contributed by atoms with E-state index in [1.165, 1.54) is 24.5 Å². The summed E-state index contributed by atoms with van der Waals surface area (Å²) in [4.78, 5) is 24.8. The molecule has 0 atom stereocenters. The van der Waals surface area contributed by atoms with E-state index in [2.05, 4.69) is 15.4 Å². The lowest BCUT2D eigenvalue weighted by Crippen LogP contribution is -2.24. The van der Waals surface area contributed by atoms with E-state index < -0.39 is 15.9 Å². The van der Waals surface area contributed by atoms with Gasteiger partial charge in [0.2, 0.25) is 10.0 Å². The largest absolute Gasteiger partial charge is 0.467 e. The van der Waals surface area contributed by atoms with Crippen LogP contribution in [0.4, 0.5) is 5.69 Å². The van der Waals surface area contributed by atoms with Gasteiger partial charge in [0.25, 0.3) is 11.8 Å². The summed E-state index contributed by atoms with van der Waals surface area (Å²) in [5.41, 5.74) is 1.53. The van der Waals surface area contributed by atoms with Gasteiger partial charge in [-0.2, -0.15) is 0 Å². The lowest BCUT2D eigenvalue weighted by molar-refractivity contribution is 0.0943. The molecular weight excluding hydrogens is 442 g/mol. The third-order valence-electron chi connectivity index (χ3n) is 4.17. The van der Waals surface area contributed by atoms with E-state index in [1.54, 1.807) is 36.4 Å². The Labute approximate surface area is 184 Å². The number of carbonyl (C=O) groups is 2. The zero-order valence-electron chi connectivity index (χ0n) is 16.5. The Morgan fingerprint density at radius 2 is 1.65 bits per heavy atom. The normalized spacial score (nSPS) is 11.0. The third kappa shape index (κ3) is 6.59. The molecule has 0 saturated carbocycles. The second kappa shape index (κ2) is 9.67. The molecule has 3 N–H and O–H groups in total. The number of nitrogens with one attached hydrogen (secondary N) is 3. The quantitative estimate of drug-likeness (QED) is 0.476. The molecule has 0 aliphatic heterocycles. The van der Waals surface area contributed by atoms with Gasteiger partial charge in [-0.05, 0) is 48.0 Å². The summed E-state index contributed by atoms with van der Waals surface area (Å²) in [6.45, 7) is 0.447. The smallest absolute Gasteiger partial charge is 0.251 e. The number of rotatable bonds is 8. The molecule has 31 heavy (non-hydrogen) atoms. The van der Waals surface area contributed by atoms with Crippen LogP contribution >= 0.6 is 11.6 Å². The van der Waals surface area contributed by atoms with Crippen molar-refractivity contribution in [1.82, 2.24) is 10.6 Å². The molecule has 1 heterocycles. The van der Waals surface area contributed by atoms with Gasteiger partial charge in [0, 0.05) is 17.7 Å². The number of furan rings is 1. The Kier molecular flexibility index (Phi) is 6.98. The molecule has 3 aromatic rings. The van der Waals surface area contributed by atoms with Crippen LogP contribution in [-0.2, 0) is 23.1 Å². The van der Waals surface area contributed by atoms with Crippen molar-refractivity contribution < 1.29 is 22.4 Å². The van der Waals surface area contributed by atoms with Gasteiger partial charge in [0.05, 0.1) is 29.8 Å². The molecule has 3 rings (SSSR count). The highest BCUT2D eigenvalue weighted by atomic mass is 35.5. The highest BCUT2D eigenvalue weighted by molar-refractivity contribution is 7.92. The summed E-state index contributed by atoms with van der Waals surface area (Å²) >= 11 is 5.98. The van der Waals surface area contributed by atoms with Crippen LogP contribution in [0, 0.1) is 0 Å². The first kappa shape index (κ1) is 22.4. The summed E-state index contributed by atoms with van der Waals surface area (Å²) in [6, 6.07) is 14.6. The topological polar surface area (TPSA) is 118 Å². The van der Waals surface area contributed by atoms with Crippen LogP contribution in [0.15, 0.2) is 65.3 Å². The van der Waals surface area contributed by atoms with Gasteiger partial charge < -0.3 is 15.1 Å². The van der Waals surface area contributed by atoms with Gasteiger partial charge in [-0.15, -0.1) is 0 Å². The molecule has 8 nitrogen and oxygen atoms in total.